The van der Waals surface area contributed by atoms with Gasteiger partial charge < -0.3 is 15.6 Å². The van der Waals surface area contributed by atoms with E-state index in [9.17, 15) is 18.0 Å². The van der Waals surface area contributed by atoms with Gasteiger partial charge in [-0.25, -0.2) is 4.98 Å². The molecule has 1 aromatic carbocycles. The van der Waals surface area contributed by atoms with Crippen LogP contribution in [0.2, 0.25) is 0 Å². The van der Waals surface area contributed by atoms with E-state index in [2.05, 4.69) is 9.97 Å². The van der Waals surface area contributed by atoms with E-state index in [1.54, 1.807) is 4.90 Å². The lowest BCUT2D eigenvalue weighted by Crippen LogP contribution is -2.32. The van der Waals surface area contributed by atoms with Crippen LogP contribution in [0.15, 0.2) is 18.2 Å². The fourth-order valence-corrected chi connectivity index (χ4v) is 2.78. The Hall–Kier alpha value is -2.09. The Labute approximate surface area is 130 Å². The number of rotatable bonds is 1. The van der Waals surface area contributed by atoms with Crippen molar-refractivity contribution in [1.29, 1.82) is 0 Å². The summed E-state index contributed by atoms with van der Waals surface area (Å²) < 4.78 is 38.0. The number of nitrogens with zero attached hydrogens (tertiary/aromatic N) is 2. The standard InChI is InChI=1S/C15H17F3N4O/c16-15(17,18)14-20-11-4-3-9(8-12(11)21-14)13(23)22-6-1-2-10(19)5-7-22/h3-4,8,10H,1-2,5-7,19H2,(H,20,21)/t10-/m1/s1. The number of carbonyl (C=O) groups excluding carboxylic acids is 1. The molecule has 1 amide bonds. The van der Waals surface area contributed by atoms with Gasteiger partial charge in [-0.1, -0.05) is 0 Å². The van der Waals surface area contributed by atoms with Crippen molar-refractivity contribution in [1.82, 2.24) is 14.9 Å². The van der Waals surface area contributed by atoms with E-state index in [1.165, 1.54) is 18.2 Å². The first kappa shape index (κ1) is 15.8. The molecule has 0 spiro atoms. The molecule has 3 N–H and O–H groups in total. The van der Waals surface area contributed by atoms with Gasteiger partial charge in [-0.2, -0.15) is 13.2 Å². The molecule has 2 heterocycles. The number of halogens is 3. The molecule has 1 aromatic heterocycles. The Kier molecular flexibility index (Phi) is 4.01. The predicted molar refractivity (Wildman–Crippen MR) is 78.8 cm³/mol. The highest BCUT2D eigenvalue weighted by Gasteiger charge is 2.34. The summed E-state index contributed by atoms with van der Waals surface area (Å²) in [5.41, 5.74) is 6.64. The lowest BCUT2D eigenvalue weighted by molar-refractivity contribution is -0.144. The molecule has 3 rings (SSSR count). The summed E-state index contributed by atoms with van der Waals surface area (Å²) in [5, 5.41) is 0. The summed E-state index contributed by atoms with van der Waals surface area (Å²) >= 11 is 0. The minimum atomic E-state index is -4.54. The highest BCUT2D eigenvalue weighted by molar-refractivity contribution is 5.97. The number of imidazole rings is 1. The summed E-state index contributed by atoms with van der Waals surface area (Å²) in [5.74, 6) is -1.25. The molecule has 5 nitrogen and oxygen atoms in total. The number of hydrogen-bond acceptors (Lipinski definition) is 3. The average Bonchev–Trinajstić information content (AvgIpc) is 2.82. The van der Waals surface area contributed by atoms with E-state index in [1.807, 2.05) is 0 Å². The number of amides is 1. The fourth-order valence-electron chi connectivity index (χ4n) is 2.78. The number of fused-ring (bicyclic) bond motifs is 1. The van der Waals surface area contributed by atoms with Gasteiger partial charge in [-0.3, -0.25) is 4.79 Å². The number of carbonyl (C=O) groups is 1. The molecule has 2 aromatic rings. The molecular weight excluding hydrogens is 309 g/mol. The van der Waals surface area contributed by atoms with Crippen LogP contribution < -0.4 is 5.73 Å². The molecule has 0 saturated carbocycles. The van der Waals surface area contributed by atoms with Gasteiger partial charge in [0.15, 0.2) is 0 Å². The van der Waals surface area contributed by atoms with E-state index < -0.39 is 12.0 Å². The van der Waals surface area contributed by atoms with Crippen LogP contribution >= 0.6 is 0 Å². The molecule has 0 aliphatic carbocycles. The summed E-state index contributed by atoms with van der Waals surface area (Å²) in [6, 6.07) is 4.45. The van der Waals surface area contributed by atoms with E-state index in [4.69, 9.17) is 5.73 Å². The number of nitrogens with two attached hydrogens (primary N) is 1. The Balaban J connectivity index is 1.86. The van der Waals surface area contributed by atoms with E-state index >= 15 is 0 Å². The molecule has 124 valence electrons. The van der Waals surface area contributed by atoms with Crippen LogP contribution in [0.3, 0.4) is 0 Å². The largest absolute Gasteiger partial charge is 0.449 e. The number of likely N-dealkylation sites (tertiary alicyclic amines) is 1. The van der Waals surface area contributed by atoms with Crippen molar-refractivity contribution in [2.45, 2.75) is 31.5 Å². The second kappa shape index (κ2) is 5.84. The quantitative estimate of drug-likeness (QED) is 0.845. The maximum Gasteiger partial charge on any atom is 0.449 e. The summed E-state index contributed by atoms with van der Waals surface area (Å²) in [6.45, 7) is 1.18. The number of benzene rings is 1. The Morgan fingerprint density at radius 1 is 1.30 bits per heavy atom. The number of alkyl halides is 3. The van der Waals surface area contributed by atoms with Gasteiger partial charge in [0, 0.05) is 24.7 Å². The van der Waals surface area contributed by atoms with Gasteiger partial charge in [-0.05, 0) is 37.5 Å². The van der Waals surface area contributed by atoms with Crippen LogP contribution in [0.4, 0.5) is 13.2 Å². The van der Waals surface area contributed by atoms with E-state index in [-0.39, 0.29) is 23.0 Å². The summed E-state index contributed by atoms with van der Waals surface area (Å²) in [4.78, 5) is 20.0. The van der Waals surface area contributed by atoms with Gasteiger partial charge in [-0.15, -0.1) is 0 Å². The number of nitrogens with one attached hydrogen (secondary N) is 1. The zero-order valence-electron chi connectivity index (χ0n) is 12.4. The van der Waals surface area contributed by atoms with Crippen LogP contribution in [0, 0.1) is 0 Å². The molecule has 1 aliphatic rings. The molecule has 1 atom stereocenters. The van der Waals surface area contributed by atoms with Gasteiger partial charge >= 0.3 is 6.18 Å². The monoisotopic (exact) mass is 326 g/mol. The second-order valence-corrected chi connectivity index (χ2v) is 5.80. The first-order chi connectivity index (χ1) is 10.8. The van der Waals surface area contributed by atoms with Crippen LogP contribution in [0.1, 0.15) is 35.4 Å². The fraction of sp³-hybridized carbons (Fsp3) is 0.467. The highest BCUT2D eigenvalue weighted by atomic mass is 19.4. The lowest BCUT2D eigenvalue weighted by Gasteiger charge is -2.20. The van der Waals surface area contributed by atoms with Crippen molar-refractivity contribution in [3.8, 4) is 0 Å². The van der Waals surface area contributed by atoms with Gasteiger partial charge in [0.1, 0.15) is 0 Å². The lowest BCUT2D eigenvalue weighted by atomic mass is 10.1. The summed E-state index contributed by atoms with van der Waals surface area (Å²) in [7, 11) is 0. The first-order valence-corrected chi connectivity index (χ1v) is 7.46. The Morgan fingerprint density at radius 3 is 2.83 bits per heavy atom. The topological polar surface area (TPSA) is 75.0 Å². The molecule has 23 heavy (non-hydrogen) atoms. The molecule has 1 aliphatic heterocycles. The van der Waals surface area contributed by atoms with Crippen molar-refractivity contribution >= 4 is 16.9 Å². The maximum atomic E-state index is 12.7. The van der Waals surface area contributed by atoms with Crippen molar-refractivity contribution in [3.05, 3.63) is 29.6 Å². The van der Waals surface area contributed by atoms with E-state index in [0.29, 0.717) is 18.7 Å². The molecular formula is C15H17F3N4O. The molecule has 0 bridgehead atoms. The molecule has 8 heteroatoms. The number of aromatic nitrogens is 2. The molecule has 0 radical (unpaired) electrons. The third kappa shape index (κ3) is 3.31. The van der Waals surface area contributed by atoms with Crippen molar-refractivity contribution in [3.63, 3.8) is 0 Å². The Morgan fingerprint density at radius 2 is 2.09 bits per heavy atom. The SMILES string of the molecule is N[C@@H]1CCCN(C(=O)c2ccc3nc(C(F)(F)F)[nH]c3c2)CC1. The average molecular weight is 326 g/mol. The second-order valence-electron chi connectivity index (χ2n) is 5.80. The minimum Gasteiger partial charge on any atom is -0.339 e. The maximum absolute atomic E-state index is 12.7. The Bertz CT molecular complexity index is 725. The van der Waals surface area contributed by atoms with Crippen molar-refractivity contribution in [2.24, 2.45) is 5.73 Å². The first-order valence-electron chi connectivity index (χ1n) is 7.46. The number of H-pyrrole nitrogens is 1. The summed E-state index contributed by atoms with van der Waals surface area (Å²) in [6.07, 6.45) is -2.10. The molecule has 0 unspecified atom stereocenters. The third-order valence-electron chi connectivity index (χ3n) is 4.06. The third-order valence-corrected chi connectivity index (χ3v) is 4.06. The predicted octanol–water partition coefficient (Wildman–Crippen LogP) is 2.54. The van der Waals surface area contributed by atoms with Crippen molar-refractivity contribution in [2.75, 3.05) is 13.1 Å². The van der Waals surface area contributed by atoms with Crippen LogP contribution in [0.25, 0.3) is 11.0 Å². The molecule has 1 saturated heterocycles. The normalized spacial score (nSPS) is 19.8. The van der Waals surface area contributed by atoms with Gasteiger partial charge in [0.2, 0.25) is 5.82 Å². The smallest absolute Gasteiger partial charge is 0.339 e. The molecule has 1 fully saturated rings. The van der Waals surface area contributed by atoms with Crippen LogP contribution in [-0.2, 0) is 6.18 Å². The van der Waals surface area contributed by atoms with E-state index in [0.717, 1.165) is 19.3 Å². The van der Waals surface area contributed by atoms with Crippen LogP contribution in [0.5, 0.6) is 0 Å². The number of hydrogen-bond donors (Lipinski definition) is 2. The zero-order valence-corrected chi connectivity index (χ0v) is 12.4. The number of aromatic amines is 1. The van der Waals surface area contributed by atoms with Gasteiger partial charge in [0.25, 0.3) is 5.91 Å². The van der Waals surface area contributed by atoms with Crippen molar-refractivity contribution < 1.29 is 18.0 Å². The zero-order chi connectivity index (χ0) is 16.6. The minimum absolute atomic E-state index is 0.0947. The van der Waals surface area contributed by atoms with Crippen LogP contribution in [-0.4, -0.2) is 39.9 Å². The highest BCUT2D eigenvalue weighted by Crippen LogP contribution is 2.29. The van der Waals surface area contributed by atoms with Gasteiger partial charge in [0.05, 0.1) is 11.0 Å².